The number of nitrogens with zero attached hydrogens (tertiary/aromatic N) is 2. The van der Waals surface area contributed by atoms with Crippen molar-refractivity contribution in [1.82, 2.24) is 15.1 Å². The molecule has 1 amide bonds. The lowest BCUT2D eigenvalue weighted by atomic mass is 10.2. The zero-order valence-corrected chi connectivity index (χ0v) is 12.9. The summed E-state index contributed by atoms with van der Waals surface area (Å²) in [6.45, 7) is 3.62. The average molecular weight is 298 g/mol. The van der Waals surface area contributed by atoms with Gasteiger partial charge in [0.15, 0.2) is 0 Å². The first-order chi connectivity index (χ1) is 10.8. The van der Waals surface area contributed by atoms with Gasteiger partial charge >= 0.3 is 0 Å². The molecule has 0 bridgehead atoms. The zero-order valence-electron chi connectivity index (χ0n) is 12.9. The topological polar surface area (TPSA) is 61.0 Å². The van der Waals surface area contributed by atoms with Gasteiger partial charge < -0.3 is 10.2 Å². The number of carbonyl (C=O) groups is 1. The van der Waals surface area contributed by atoms with Crippen LogP contribution in [0.15, 0.2) is 36.4 Å². The molecule has 5 nitrogen and oxygen atoms in total. The fraction of sp³-hybridized carbons (Fsp3) is 0.412. The first kappa shape index (κ1) is 14.6. The van der Waals surface area contributed by atoms with Gasteiger partial charge in [0.1, 0.15) is 5.69 Å². The summed E-state index contributed by atoms with van der Waals surface area (Å²) in [6, 6.07) is 12.3. The Balaban J connectivity index is 1.58. The predicted molar refractivity (Wildman–Crippen MR) is 87.0 cm³/mol. The highest BCUT2D eigenvalue weighted by Gasteiger charge is 2.28. The molecule has 1 aliphatic heterocycles. The molecular formula is C17H22N4O. The number of para-hydroxylation sites is 1. The fourth-order valence-electron chi connectivity index (χ4n) is 2.86. The Hall–Kier alpha value is -2.30. The van der Waals surface area contributed by atoms with E-state index in [0.717, 1.165) is 43.7 Å². The number of hydrogen-bond donors (Lipinski definition) is 2. The van der Waals surface area contributed by atoms with Gasteiger partial charge in [-0.3, -0.25) is 9.89 Å². The second-order valence-corrected chi connectivity index (χ2v) is 5.78. The molecule has 0 spiro atoms. The van der Waals surface area contributed by atoms with E-state index in [2.05, 4.69) is 34.6 Å². The van der Waals surface area contributed by atoms with Crippen LogP contribution < -0.4 is 5.32 Å². The van der Waals surface area contributed by atoms with Crippen molar-refractivity contribution in [3.8, 4) is 0 Å². The van der Waals surface area contributed by atoms with Gasteiger partial charge in [0.2, 0.25) is 0 Å². The molecule has 3 rings (SSSR count). The van der Waals surface area contributed by atoms with E-state index in [1.165, 1.54) is 0 Å². The molecule has 2 aromatic rings. The van der Waals surface area contributed by atoms with Gasteiger partial charge in [-0.25, -0.2) is 0 Å². The third kappa shape index (κ3) is 3.30. The Morgan fingerprint density at radius 3 is 3.00 bits per heavy atom. The van der Waals surface area contributed by atoms with Gasteiger partial charge in [0.25, 0.3) is 5.91 Å². The van der Waals surface area contributed by atoms with E-state index >= 15 is 0 Å². The summed E-state index contributed by atoms with van der Waals surface area (Å²) in [5.74, 6) is 0.0240. The first-order valence-electron chi connectivity index (χ1n) is 7.91. The van der Waals surface area contributed by atoms with Crippen molar-refractivity contribution >= 4 is 11.6 Å². The molecule has 2 N–H and O–H groups in total. The smallest absolute Gasteiger partial charge is 0.274 e. The summed E-state index contributed by atoms with van der Waals surface area (Å²) in [7, 11) is 0. The molecule has 0 saturated carbocycles. The molecule has 1 aliphatic rings. The number of hydrogen-bond acceptors (Lipinski definition) is 3. The van der Waals surface area contributed by atoms with Gasteiger partial charge in [-0.2, -0.15) is 5.10 Å². The number of nitrogens with one attached hydrogen (secondary N) is 2. The van der Waals surface area contributed by atoms with Crippen molar-refractivity contribution in [3.05, 3.63) is 47.8 Å². The molecule has 1 aromatic carbocycles. The van der Waals surface area contributed by atoms with Gasteiger partial charge in [-0.1, -0.05) is 31.5 Å². The van der Waals surface area contributed by atoms with E-state index in [1.54, 1.807) is 0 Å². The Labute approximate surface area is 130 Å². The Morgan fingerprint density at radius 1 is 1.41 bits per heavy atom. The van der Waals surface area contributed by atoms with E-state index < -0.39 is 0 Å². The minimum atomic E-state index is 0.0240. The second kappa shape index (κ2) is 6.64. The lowest BCUT2D eigenvalue weighted by Gasteiger charge is -2.16. The number of aromatic nitrogens is 2. The van der Waals surface area contributed by atoms with Crippen LogP contribution in [0.2, 0.25) is 0 Å². The van der Waals surface area contributed by atoms with Crippen molar-refractivity contribution in [2.75, 3.05) is 18.4 Å². The van der Waals surface area contributed by atoms with Crippen LogP contribution in [-0.2, 0) is 6.42 Å². The Kier molecular flexibility index (Phi) is 4.42. The molecule has 1 saturated heterocycles. The molecule has 1 atom stereocenters. The number of carbonyl (C=O) groups excluding carboxylic acids is 1. The number of rotatable bonds is 5. The maximum atomic E-state index is 12.5. The molecule has 5 heteroatoms. The number of aryl methyl sites for hydroxylation is 1. The molecule has 0 unspecified atom stereocenters. The zero-order chi connectivity index (χ0) is 15.4. The number of aromatic amines is 1. The van der Waals surface area contributed by atoms with Crippen molar-refractivity contribution in [2.24, 2.45) is 0 Å². The largest absolute Gasteiger partial charge is 0.380 e. The number of benzene rings is 1. The lowest BCUT2D eigenvalue weighted by molar-refractivity contribution is 0.0786. The number of H-pyrrole nitrogens is 1. The van der Waals surface area contributed by atoms with Gasteiger partial charge in [0.05, 0.1) is 0 Å². The summed E-state index contributed by atoms with van der Waals surface area (Å²) in [5.41, 5.74) is 2.67. The second-order valence-electron chi connectivity index (χ2n) is 5.78. The highest BCUT2D eigenvalue weighted by Crippen LogP contribution is 2.17. The number of anilines is 1. The Morgan fingerprint density at radius 2 is 2.23 bits per heavy atom. The molecular weight excluding hydrogens is 276 g/mol. The monoisotopic (exact) mass is 298 g/mol. The highest BCUT2D eigenvalue weighted by atomic mass is 16.2. The molecule has 1 aromatic heterocycles. The first-order valence-corrected chi connectivity index (χ1v) is 7.91. The van der Waals surface area contributed by atoms with Crippen LogP contribution in [0.5, 0.6) is 0 Å². The van der Waals surface area contributed by atoms with Crippen LogP contribution >= 0.6 is 0 Å². The van der Waals surface area contributed by atoms with Crippen LogP contribution in [0.4, 0.5) is 5.69 Å². The van der Waals surface area contributed by atoms with E-state index in [0.29, 0.717) is 11.7 Å². The van der Waals surface area contributed by atoms with Crippen LogP contribution in [0.25, 0.3) is 0 Å². The lowest BCUT2D eigenvalue weighted by Crippen LogP contribution is -2.31. The third-order valence-electron chi connectivity index (χ3n) is 3.99. The van der Waals surface area contributed by atoms with Crippen LogP contribution in [0.1, 0.15) is 35.9 Å². The summed E-state index contributed by atoms with van der Waals surface area (Å²) >= 11 is 0. The molecule has 116 valence electrons. The molecule has 22 heavy (non-hydrogen) atoms. The Bertz CT molecular complexity index is 623. The summed E-state index contributed by atoms with van der Waals surface area (Å²) in [6.07, 6.45) is 2.94. The van der Waals surface area contributed by atoms with Crippen LogP contribution in [0, 0.1) is 0 Å². The SMILES string of the molecule is CCCc1cc(C(=O)N2CC[C@H](Nc3ccccc3)C2)n[nH]1. The third-order valence-corrected chi connectivity index (χ3v) is 3.99. The van der Waals surface area contributed by atoms with E-state index in [-0.39, 0.29) is 5.91 Å². The molecule has 0 aliphatic carbocycles. The van der Waals surface area contributed by atoms with E-state index in [9.17, 15) is 4.79 Å². The van der Waals surface area contributed by atoms with Crippen molar-refractivity contribution in [3.63, 3.8) is 0 Å². The average Bonchev–Trinajstić information content (AvgIpc) is 3.18. The summed E-state index contributed by atoms with van der Waals surface area (Å²) in [4.78, 5) is 14.4. The van der Waals surface area contributed by atoms with Crippen molar-refractivity contribution in [2.45, 2.75) is 32.2 Å². The molecule has 1 fully saturated rings. The minimum Gasteiger partial charge on any atom is -0.380 e. The van der Waals surface area contributed by atoms with Crippen LogP contribution in [0.3, 0.4) is 0 Å². The normalized spacial score (nSPS) is 17.7. The fourth-order valence-corrected chi connectivity index (χ4v) is 2.86. The number of likely N-dealkylation sites (tertiary alicyclic amines) is 1. The van der Waals surface area contributed by atoms with Crippen molar-refractivity contribution < 1.29 is 4.79 Å². The van der Waals surface area contributed by atoms with Gasteiger partial charge in [-0.15, -0.1) is 0 Å². The van der Waals surface area contributed by atoms with Gasteiger partial charge in [-0.05, 0) is 31.0 Å². The maximum absolute atomic E-state index is 12.5. The van der Waals surface area contributed by atoms with E-state index in [4.69, 9.17) is 0 Å². The van der Waals surface area contributed by atoms with Crippen molar-refractivity contribution in [1.29, 1.82) is 0 Å². The summed E-state index contributed by atoms with van der Waals surface area (Å²) in [5, 5.41) is 10.6. The highest BCUT2D eigenvalue weighted by molar-refractivity contribution is 5.92. The van der Waals surface area contributed by atoms with Crippen LogP contribution in [-0.4, -0.2) is 40.1 Å². The van der Waals surface area contributed by atoms with E-state index in [1.807, 2.05) is 29.2 Å². The standard InChI is InChI=1S/C17H22N4O/c1-2-6-14-11-16(20-19-14)17(22)21-10-9-15(12-21)18-13-7-4-3-5-8-13/h3-5,7-8,11,15,18H,2,6,9-10,12H2,1H3,(H,19,20)/t15-/m0/s1. The molecule has 0 radical (unpaired) electrons. The summed E-state index contributed by atoms with van der Waals surface area (Å²) < 4.78 is 0. The predicted octanol–water partition coefficient (Wildman–Crippen LogP) is 2.69. The molecule has 2 heterocycles. The quantitative estimate of drug-likeness (QED) is 0.892. The van der Waals surface area contributed by atoms with Gasteiger partial charge in [0, 0.05) is 30.5 Å². The number of amides is 1. The maximum Gasteiger partial charge on any atom is 0.274 e. The minimum absolute atomic E-state index is 0.0240.